The Bertz CT molecular complexity index is 1470. The van der Waals surface area contributed by atoms with Crippen molar-refractivity contribution in [3.8, 4) is 27.7 Å². The van der Waals surface area contributed by atoms with E-state index in [1.807, 2.05) is 48.1 Å². The molecule has 5 aromatic rings. The maximum absolute atomic E-state index is 12.3. The van der Waals surface area contributed by atoms with E-state index in [1.165, 1.54) is 0 Å². The molecule has 7 nitrogen and oxygen atoms in total. The van der Waals surface area contributed by atoms with Gasteiger partial charge in [-0.05, 0) is 49.6 Å². The number of methoxy groups -OCH3 is 1. The number of carbonyl (C=O) groups excluding carboxylic acids is 1. The van der Waals surface area contributed by atoms with Crippen LogP contribution in [0.4, 0.5) is 0 Å². The van der Waals surface area contributed by atoms with E-state index in [0.29, 0.717) is 13.0 Å². The molecule has 0 unspecified atom stereocenters. The molecule has 0 saturated heterocycles. The van der Waals surface area contributed by atoms with Crippen molar-refractivity contribution in [1.29, 1.82) is 0 Å². The van der Waals surface area contributed by atoms with E-state index in [4.69, 9.17) is 9.72 Å². The van der Waals surface area contributed by atoms with Crippen molar-refractivity contribution in [2.24, 2.45) is 0 Å². The number of aromatic nitrogens is 4. The van der Waals surface area contributed by atoms with Crippen molar-refractivity contribution in [2.45, 2.75) is 39.2 Å². The molecule has 0 aliphatic heterocycles. The third kappa shape index (κ3) is 5.63. The van der Waals surface area contributed by atoms with Gasteiger partial charge >= 0.3 is 0 Å². The van der Waals surface area contributed by atoms with Gasteiger partial charge in [-0.3, -0.25) is 4.79 Å². The Morgan fingerprint density at radius 2 is 1.94 bits per heavy atom. The molecule has 3 heterocycles. The zero-order chi connectivity index (χ0) is 24.9. The topological polar surface area (TPSA) is 92.8 Å². The second-order valence-corrected chi connectivity index (χ2v) is 10.3. The number of nitrogens with one attached hydrogen (secondary N) is 2. The zero-order valence-electron chi connectivity index (χ0n) is 20.2. The van der Waals surface area contributed by atoms with Crippen LogP contribution >= 0.6 is 22.7 Å². The van der Waals surface area contributed by atoms with E-state index in [9.17, 15) is 4.79 Å². The highest BCUT2D eigenvalue weighted by molar-refractivity contribution is 7.16. The number of thiazole rings is 2. The Hall–Kier alpha value is -3.56. The first-order valence-electron chi connectivity index (χ1n) is 11.8. The fraction of sp³-hybridized carbons (Fsp3) is 0.259. The number of nitrogens with zero attached hydrogens (tertiary/aromatic N) is 3. The number of rotatable bonds is 10. The van der Waals surface area contributed by atoms with Crippen LogP contribution in [0.2, 0.25) is 0 Å². The summed E-state index contributed by atoms with van der Waals surface area (Å²) in [5, 5.41) is 5.95. The SMILES string of the molecule is COc1ccc(CNC(=O)CCCCc2nc(-c3nc(C)cs3)c(-c3ccc4ncsc4c3)[nH]2)cc1. The van der Waals surface area contributed by atoms with E-state index in [-0.39, 0.29) is 5.91 Å². The minimum Gasteiger partial charge on any atom is -0.497 e. The molecule has 0 bridgehead atoms. The largest absolute Gasteiger partial charge is 0.497 e. The van der Waals surface area contributed by atoms with Crippen LogP contribution in [0.15, 0.2) is 53.4 Å². The van der Waals surface area contributed by atoms with Crippen LogP contribution in [0, 0.1) is 6.92 Å². The molecule has 0 spiro atoms. The number of aromatic amines is 1. The molecular weight excluding hydrogens is 490 g/mol. The van der Waals surface area contributed by atoms with Crippen molar-refractivity contribution in [1.82, 2.24) is 25.3 Å². The van der Waals surface area contributed by atoms with Gasteiger partial charge in [0, 0.05) is 36.0 Å². The van der Waals surface area contributed by atoms with Gasteiger partial charge in [-0.25, -0.2) is 15.0 Å². The molecular formula is C27H27N5O2S2. The lowest BCUT2D eigenvalue weighted by atomic mass is 10.1. The van der Waals surface area contributed by atoms with Crippen LogP contribution in [0.1, 0.15) is 36.3 Å². The standard InChI is InChI=1S/C27H27N5O2S2/c1-17-15-35-27(30-17)26-25(19-9-12-21-22(13-19)36-16-29-21)31-23(32-26)5-3-4-6-24(33)28-14-18-7-10-20(34-2)11-8-18/h7-13,15-16H,3-6,14H2,1-2H3,(H,28,33)(H,31,32). The second-order valence-electron chi connectivity index (χ2n) is 8.57. The van der Waals surface area contributed by atoms with E-state index in [2.05, 4.69) is 32.4 Å². The molecule has 184 valence electrons. The first-order valence-corrected chi connectivity index (χ1v) is 13.6. The van der Waals surface area contributed by atoms with Gasteiger partial charge in [0.25, 0.3) is 0 Å². The monoisotopic (exact) mass is 517 g/mol. The van der Waals surface area contributed by atoms with Gasteiger partial charge in [-0.15, -0.1) is 22.7 Å². The van der Waals surface area contributed by atoms with Crippen molar-refractivity contribution >= 4 is 38.8 Å². The second kappa shape index (κ2) is 11.0. The van der Waals surface area contributed by atoms with Gasteiger partial charge in [0.05, 0.1) is 28.5 Å². The molecule has 2 aromatic carbocycles. The Balaban J connectivity index is 1.20. The normalized spacial score (nSPS) is 11.2. The number of H-pyrrole nitrogens is 1. The molecule has 0 fully saturated rings. The number of fused-ring (bicyclic) bond motifs is 1. The number of hydrogen-bond acceptors (Lipinski definition) is 7. The summed E-state index contributed by atoms with van der Waals surface area (Å²) >= 11 is 3.24. The molecule has 36 heavy (non-hydrogen) atoms. The summed E-state index contributed by atoms with van der Waals surface area (Å²) in [7, 11) is 1.64. The number of ether oxygens (including phenoxy) is 1. The summed E-state index contributed by atoms with van der Waals surface area (Å²) in [4.78, 5) is 29.8. The predicted molar refractivity (Wildman–Crippen MR) is 145 cm³/mol. The highest BCUT2D eigenvalue weighted by Crippen LogP contribution is 2.34. The molecule has 0 saturated carbocycles. The molecule has 0 atom stereocenters. The molecule has 0 aliphatic rings. The zero-order valence-corrected chi connectivity index (χ0v) is 21.8. The predicted octanol–water partition coefficient (Wildman–Crippen LogP) is 6.16. The van der Waals surface area contributed by atoms with Crippen molar-refractivity contribution < 1.29 is 9.53 Å². The number of amides is 1. The molecule has 0 aliphatic carbocycles. The fourth-order valence-corrected chi connectivity index (χ4v) is 5.50. The molecule has 5 rings (SSSR count). The summed E-state index contributed by atoms with van der Waals surface area (Å²) in [6.45, 7) is 2.52. The van der Waals surface area contributed by atoms with Crippen molar-refractivity contribution in [3.05, 3.63) is 70.4 Å². The number of unbranched alkanes of at least 4 members (excludes halogenated alkanes) is 1. The fourth-order valence-electron chi connectivity index (χ4n) is 3.99. The van der Waals surface area contributed by atoms with Crippen LogP contribution in [-0.4, -0.2) is 33.0 Å². The van der Waals surface area contributed by atoms with Crippen molar-refractivity contribution in [2.75, 3.05) is 7.11 Å². The smallest absolute Gasteiger partial charge is 0.220 e. The molecule has 2 N–H and O–H groups in total. The summed E-state index contributed by atoms with van der Waals surface area (Å²) < 4.78 is 6.31. The third-order valence-corrected chi connectivity index (χ3v) is 7.67. The number of aryl methyl sites for hydroxylation is 2. The Labute approximate surface area is 217 Å². The van der Waals surface area contributed by atoms with Crippen LogP contribution in [0.3, 0.4) is 0 Å². The summed E-state index contributed by atoms with van der Waals surface area (Å²) in [5.41, 5.74) is 7.84. The Morgan fingerprint density at radius 3 is 2.72 bits per heavy atom. The van der Waals surface area contributed by atoms with E-state index in [1.54, 1.807) is 29.8 Å². The lowest BCUT2D eigenvalue weighted by Gasteiger charge is -2.06. The Kier molecular flexibility index (Phi) is 7.39. The number of benzene rings is 2. The van der Waals surface area contributed by atoms with E-state index < -0.39 is 0 Å². The highest BCUT2D eigenvalue weighted by atomic mass is 32.1. The van der Waals surface area contributed by atoms with Crippen LogP contribution < -0.4 is 10.1 Å². The maximum atomic E-state index is 12.3. The average molecular weight is 518 g/mol. The molecule has 9 heteroatoms. The summed E-state index contributed by atoms with van der Waals surface area (Å²) in [6, 6.07) is 14.0. The van der Waals surface area contributed by atoms with E-state index >= 15 is 0 Å². The van der Waals surface area contributed by atoms with Crippen LogP contribution in [0.5, 0.6) is 5.75 Å². The number of hydrogen-bond donors (Lipinski definition) is 2. The van der Waals surface area contributed by atoms with Gasteiger partial charge in [-0.1, -0.05) is 18.2 Å². The number of imidazole rings is 1. The van der Waals surface area contributed by atoms with Gasteiger partial charge in [0.2, 0.25) is 5.91 Å². The minimum atomic E-state index is 0.0581. The minimum absolute atomic E-state index is 0.0581. The highest BCUT2D eigenvalue weighted by Gasteiger charge is 2.17. The van der Waals surface area contributed by atoms with Crippen molar-refractivity contribution in [3.63, 3.8) is 0 Å². The lowest BCUT2D eigenvalue weighted by molar-refractivity contribution is -0.121. The van der Waals surface area contributed by atoms with Crippen LogP contribution in [0.25, 0.3) is 32.2 Å². The summed E-state index contributed by atoms with van der Waals surface area (Å²) in [6.07, 6.45) is 2.92. The van der Waals surface area contributed by atoms with Gasteiger partial charge in [-0.2, -0.15) is 0 Å². The summed E-state index contributed by atoms with van der Waals surface area (Å²) in [5.74, 6) is 1.78. The van der Waals surface area contributed by atoms with Crippen LogP contribution in [-0.2, 0) is 17.8 Å². The quantitative estimate of drug-likeness (QED) is 0.217. The third-order valence-electron chi connectivity index (χ3n) is 5.91. The molecule has 0 radical (unpaired) electrons. The first-order chi connectivity index (χ1) is 17.6. The lowest BCUT2D eigenvalue weighted by Crippen LogP contribution is -2.22. The molecule has 1 amide bonds. The van der Waals surface area contributed by atoms with Gasteiger partial charge in [0.1, 0.15) is 22.3 Å². The van der Waals surface area contributed by atoms with Gasteiger partial charge < -0.3 is 15.0 Å². The maximum Gasteiger partial charge on any atom is 0.220 e. The van der Waals surface area contributed by atoms with E-state index in [0.717, 1.165) is 74.3 Å². The first kappa shape index (κ1) is 24.1. The van der Waals surface area contributed by atoms with Gasteiger partial charge in [0.15, 0.2) is 0 Å². The molecule has 3 aromatic heterocycles. The average Bonchev–Trinajstić information content (AvgIpc) is 3.64. The number of carbonyl (C=O) groups is 1. The Morgan fingerprint density at radius 1 is 1.08 bits per heavy atom.